The van der Waals surface area contributed by atoms with Crippen molar-refractivity contribution in [2.45, 2.75) is 6.10 Å². The van der Waals surface area contributed by atoms with E-state index in [4.69, 9.17) is 16.4 Å². The number of amides is 2. The molecule has 0 aliphatic carbocycles. The molecule has 0 unspecified atom stereocenters. The Hall–Kier alpha value is -3.18. The highest BCUT2D eigenvalue weighted by atomic mass is 35.5. The average Bonchev–Trinajstić information content (AvgIpc) is 3.22. The molecule has 3 aromatic rings. The smallest absolute Gasteiger partial charge is 0.278 e. The van der Waals surface area contributed by atoms with Crippen LogP contribution >= 0.6 is 11.6 Å². The molecule has 5 nitrogen and oxygen atoms in total. The molecule has 0 aromatic heterocycles. The van der Waals surface area contributed by atoms with E-state index < -0.39 is 17.9 Å². The summed E-state index contributed by atoms with van der Waals surface area (Å²) in [5, 5.41) is 6.25. The van der Waals surface area contributed by atoms with E-state index in [2.05, 4.69) is 5.16 Å². The highest BCUT2D eigenvalue weighted by Gasteiger charge is 2.56. The Morgan fingerprint density at radius 3 is 2.48 bits per heavy atom. The van der Waals surface area contributed by atoms with Crippen molar-refractivity contribution in [3.63, 3.8) is 0 Å². The van der Waals surface area contributed by atoms with Crippen LogP contribution in [0.4, 0.5) is 5.69 Å². The largest absolute Gasteiger partial charge is 0.381 e. The lowest BCUT2D eigenvalue weighted by molar-refractivity contribution is -0.126. The Kier molecular flexibility index (Phi) is 3.52. The fraction of sp³-hybridized carbons (Fsp3) is 0.0952. The summed E-state index contributed by atoms with van der Waals surface area (Å²) in [5.74, 6) is -1.55. The molecule has 2 atom stereocenters. The van der Waals surface area contributed by atoms with Crippen molar-refractivity contribution in [3.05, 3.63) is 77.3 Å². The summed E-state index contributed by atoms with van der Waals surface area (Å²) < 4.78 is 0. The molecule has 0 radical (unpaired) electrons. The second-order valence-corrected chi connectivity index (χ2v) is 6.88. The number of carbonyl (C=O) groups is 2. The van der Waals surface area contributed by atoms with Gasteiger partial charge in [-0.25, -0.2) is 4.90 Å². The average molecular weight is 377 g/mol. The predicted octanol–water partition coefficient (Wildman–Crippen LogP) is 3.79. The zero-order chi connectivity index (χ0) is 18.5. The number of anilines is 1. The van der Waals surface area contributed by atoms with E-state index >= 15 is 0 Å². The fourth-order valence-electron chi connectivity index (χ4n) is 3.71. The molecule has 2 amide bonds. The summed E-state index contributed by atoms with van der Waals surface area (Å²) >= 11 is 6.26. The van der Waals surface area contributed by atoms with E-state index in [-0.39, 0.29) is 5.91 Å². The lowest BCUT2D eigenvalue weighted by atomic mass is 9.94. The van der Waals surface area contributed by atoms with Gasteiger partial charge in [-0.1, -0.05) is 71.4 Å². The standard InChI is InChI=1S/C21H13ClN2O3/c22-15-10-4-3-9-14(15)18-17-19(27-23-18)21(26)24(20(17)25)16-11-5-7-12-6-1-2-8-13(12)16/h1-11,17,19H/t17-,19+/m1/s1. The Morgan fingerprint density at radius 2 is 1.63 bits per heavy atom. The van der Waals surface area contributed by atoms with E-state index in [0.29, 0.717) is 22.0 Å². The molecule has 2 heterocycles. The van der Waals surface area contributed by atoms with Gasteiger partial charge in [0.2, 0.25) is 12.0 Å². The molecular formula is C21H13ClN2O3. The Bertz CT molecular complexity index is 1140. The molecule has 2 aliphatic rings. The molecule has 1 saturated heterocycles. The fourth-order valence-corrected chi connectivity index (χ4v) is 3.94. The maximum Gasteiger partial charge on any atom is 0.278 e. The van der Waals surface area contributed by atoms with Crippen molar-refractivity contribution in [3.8, 4) is 0 Å². The molecule has 0 saturated carbocycles. The van der Waals surface area contributed by atoms with E-state index in [1.807, 2.05) is 36.4 Å². The van der Waals surface area contributed by atoms with Crippen LogP contribution in [0.5, 0.6) is 0 Å². The minimum Gasteiger partial charge on any atom is -0.381 e. The third-order valence-electron chi connectivity index (χ3n) is 4.97. The summed E-state index contributed by atoms with van der Waals surface area (Å²) in [5.41, 5.74) is 1.55. The van der Waals surface area contributed by atoms with Crippen molar-refractivity contribution >= 4 is 45.6 Å². The minimum absolute atomic E-state index is 0.350. The SMILES string of the molecule is O=C1[C@@H]2C(c3ccccc3Cl)=NO[C@@H]2C(=O)N1c1cccc2ccccc12. The third kappa shape index (κ3) is 2.28. The van der Waals surface area contributed by atoms with Gasteiger partial charge in [-0.15, -0.1) is 0 Å². The topological polar surface area (TPSA) is 59.0 Å². The molecule has 3 aromatic carbocycles. The van der Waals surface area contributed by atoms with Gasteiger partial charge in [0.25, 0.3) is 5.91 Å². The first kappa shape index (κ1) is 16.0. The van der Waals surface area contributed by atoms with Gasteiger partial charge in [0, 0.05) is 16.0 Å². The number of halogens is 1. The number of carbonyl (C=O) groups excluding carboxylic acids is 2. The molecule has 1 fully saturated rings. The minimum atomic E-state index is -0.956. The van der Waals surface area contributed by atoms with Crippen LogP contribution in [0, 0.1) is 5.92 Å². The van der Waals surface area contributed by atoms with Crippen LogP contribution in [0.3, 0.4) is 0 Å². The van der Waals surface area contributed by atoms with Gasteiger partial charge in [0.15, 0.2) is 0 Å². The monoisotopic (exact) mass is 376 g/mol. The van der Waals surface area contributed by atoms with E-state index in [1.165, 1.54) is 4.90 Å². The highest BCUT2D eigenvalue weighted by molar-refractivity contribution is 6.38. The zero-order valence-corrected chi connectivity index (χ0v) is 14.8. The van der Waals surface area contributed by atoms with Gasteiger partial charge in [-0.2, -0.15) is 0 Å². The van der Waals surface area contributed by atoms with Crippen molar-refractivity contribution in [1.82, 2.24) is 0 Å². The number of rotatable bonds is 2. The molecular weight excluding hydrogens is 364 g/mol. The molecule has 27 heavy (non-hydrogen) atoms. The summed E-state index contributed by atoms with van der Waals surface area (Å²) in [7, 11) is 0. The van der Waals surface area contributed by atoms with Gasteiger partial charge >= 0.3 is 0 Å². The first-order valence-corrected chi connectivity index (χ1v) is 8.89. The molecule has 0 N–H and O–H groups in total. The van der Waals surface area contributed by atoms with Crippen LogP contribution in [0.25, 0.3) is 10.8 Å². The van der Waals surface area contributed by atoms with Gasteiger partial charge in [-0.3, -0.25) is 9.59 Å². The van der Waals surface area contributed by atoms with Gasteiger partial charge < -0.3 is 4.84 Å². The van der Waals surface area contributed by atoms with Crippen molar-refractivity contribution in [1.29, 1.82) is 0 Å². The Balaban J connectivity index is 1.61. The Labute approximate surface area is 159 Å². The van der Waals surface area contributed by atoms with Crippen LogP contribution < -0.4 is 4.90 Å². The summed E-state index contributed by atoms with van der Waals surface area (Å²) in [6, 6.07) is 20.3. The maximum atomic E-state index is 13.2. The number of imide groups is 1. The molecule has 0 spiro atoms. The Morgan fingerprint density at radius 1 is 0.889 bits per heavy atom. The van der Waals surface area contributed by atoms with E-state index in [9.17, 15) is 9.59 Å². The van der Waals surface area contributed by atoms with Gasteiger partial charge in [0.1, 0.15) is 11.6 Å². The predicted molar refractivity (Wildman–Crippen MR) is 103 cm³/mol. The van der Waals surface area contributed by atoms with E-state index in [0.717, 1.165) is 10.8 Å². The van der Waals surface area contributed by atoms with Gasteiger partial charge in [0.05, 0.1) is 5.69 Å². The third-order valence-corrected chi connectivity index (χ3v) is 5.30. The van der Waals surface area contributed by atoms with Crippen molar-refractivity contribution in [2.24, 2.45) is 11.1 Å². The van der Waals surface area contributed by atoms with Crippen LogP contribution in [0.1, 0.15) is 5.56 Å². The lowest BCUT2D eigenvalue weighted by Gasteiger charge is -2.17. The summed E-state index contributed by atoms with van der Waals surface area (Å²) in [6.07, 6.45) is -0.956. The molecule has 2 aliphatic heterocycles. The highest BCUT2D eigenvalue weighted by Crippen LogP contribution is 2.38. The first-order valence-electron chi connectivity index (χ1n) is 8.51. The number of fused-ring (bicyclic) bond motifs is 2. The quantitative estimate of drug-likeness (QED) is 0.639. The summed E-state index contributed by atoms with van der Waals surface area (Å²) in [6.45, 7) is 0. The number of oxime groups is 1. The van der Waals surface area contributed by atoms with Crippen LogP contribution in [-0.4, -0.2) is 23.6 Å². The second-order valence-electron chi connectivity index (χ2n) is 6.47. The molecule has 132 valence electrons. The van der Waals surface area contributed by atoms with Crippen LogP contribution in [0.15, 0.2) is 71.9 Å². The zero-order valence-electron chi connectivity index (χ0n) is 14.0. The second kappa shape index (κ2) is 5.93. The number of hydrogen-bond donors (Lipinski definition) is 0. The van der Waals surface area contributed by atoms with Crippen LogP contribution in [-0.2, 0) is 14.4 Å². The number of hydrogen-bond acceptors (Lipinski definition) is 4. The molecule has 5 rings (SSSR count). The number of nitrogens with zero attached hydrogens (tertiary/aromatic N) is 2. The maximum absolute atomic E-state index is 13.2. The molecule has 6 heteroatoms. The van der Waals surface area contributed by atoms with Crippen molar-refractivity contribution in [2.75, 3.05) is 4.90 Å². The van der Waals surface area contributed by atoms with E-state index in [1.54, 1.807) is 30.3 Å². The normalized spacial score (nSPS) is 21.4. The first-order chi connectivity index (χ1) is 13.2. The summed E-state index contributed by atoms with van der Waals surface area (Å²) in [4.78, 5) is 32.8. The lowest BCUT2D eigenvalue weighted by Crippen LogP contribution is -2.33. The van der Waals surface area contributed by atoms with Gasteiger partial charge in [-0.05, 0) is 17.5 Å². The molecule has 0 bridgehead atoms. The van der Waals surface area contributed by atoms with Crippen LogP contribution in [0.2, 0.25) is 5.02 Å². The number of benzene rings is 3. The van der Waals surface area contributed by atoms with Crippen molar-refractivity contribution < 1.29 is 14.4 Å².